The molecule has 0 aliphatic heterocycles. The van der Waals surface area contributed by atoms with E-state index in [4.69, 9.17) is 11.6 Å². The maximum Gasteiger partial charge on any atom is 0.260 e. The van der Waals surface area contributed by atoms with Gasteiger partial charge in [-0.3, -0.25) is 4.79 Å². The van der Waals surface area contributed by atoms with Gasteiger partial charge in [-0.05, 0) is 55.5 Å². The van der Waals surface area contributed by atoms with Gasteiger partial charge in [0.1, 0.15) is 10.7 Å². The molecule has 0 bridgehead atoms. The van der Waals surface area contributed by atoms with Crippen molar-refractivity contribution in [2.24, 2.45) is 0 Å². The minimum Gasteiger partial charge on any atom is -0.356 e. The Morgan fingerprint density at radius 3 is 2.03 bits per heavy atom. The number of anilines is 3. The Labute approximate surface area is 174 Å². The molecule has 3 aromatic carbocycles. The average Bonchev–Trinajstić information content (AvgIpc) is 3.05. The van der Waals surface area contributed by atoms with Crippen molar-refractivity contribution in [3.63, 3.8) is 0 Å². The zero-order valence-corrected chi connectivity index (χ0v) is 16.5. The van der Waals surface area contributed by atoms with E-state index in [1.807, 2.05) is 84.9 Å². The summed E-state index contributed by atoms with van der Waals surface area (Å²) >= 11 is 6.47. The third kappa shape index (κ3) is 4.15. The first-order chi connectivity index (χ1) is 14.1. The van der Waals surface area contributed by atoms with Gasteiger partial charge in [0.25, 0.3) is 5.91 Å². The summed E-state index contributed by atoms with van der Waals surface area (Å²) in [6, 6.07) is 26.9. The molecule has 29 heavy (non-hydrogen) atoms. The summed E-state index contributed by atoms with van der Waals surface area (Å²) in [7, 11) is 0. The summed E-state index contributed by atoms with van der Waals surface area (Å²) in [6.07, 6.45) is 0. The molecule has 1 amide bonds. The number of halogens is 1. The van der Waals surface area contributed by atoms with E-state index in [2.05, 4.69) is 15.7 Å². The number of carbonyl (C=O) groups is 1. The second-order valence-electron chi connectivity index (χ2n) is 6.52. The number of hydrogen-bond donors (Lipinski definition) is 2. The van der Waals surface area contributed by atoms with Crippen LogP contribution in [0, 0.1) is 6.92 Å². The van der Waals surface area contributed by atoms with Crippen LogP contribution in [0.1, 0.15) is 16.1 Å². The Morgan fingerprint density at radius 2 is 1.38 bits per heavy atom. The first-order valence-electron chi connectivity index (χ1n) is 9.16. The SMILES string of the molecule is Cc1nn(-c2ccccc2)c(Cl)c1C(=O)Nc1ccc(Nc2ccccc2)cc1. The first-order valence-corrected chi connectivity index (χ1v) is 9.53. The minimum absolute atomic E-state index is 0.286. The monoisotopic (exact) mass is 402 g/mol. The Hall–Kier alpha value is -3.57. The Bertz CT molecular complexity index is 1120. The van der Waals surface area contributed by atoms with Crippen molar-refractivity contribution in [3.8, 4) is 5.69 Å². The maximum absolute atomic E-state index is 12.8. The molecule has 5 nitrogen and oxygen atoms in total. The molecule has 1 aromatic heterocycles. The first kappa shape index (κ1) is 18.8. The van der Waals surface area contributed by atoms with Gasteiger partial charge in [0, 0.05) is 17.1 Å². The van der Waals surface area contributed by atoms with Crippen LogP contribution >= 0.6 is 11.6 Å². The van der Waals surface area contributed by atoms with Crippen LogP contribution in [0.25, 0.3) is 5.69 Å². The Balaban J connectivity index is 1.50. The van der Waals surface area contributed by atoms with E-state index in [9.17, 15) is 4.79 Å². The van der Waals surface area contributed by atoms with Gasteiger partial charge in [0.2, 0.25) is 0 Å². The highest BCUT2D eigenvalue weighted by Gasteiger charge is 2.21. The third-order valence-corrected chi connectivity index (χ3v) is 4.79. The lowest BCUT2D eigenvalue weighted by Crippen LogP contribution is -2.13. The molecule has 0 radical (unpaired) electrons. The molecule has 0 aliphatic carbocycles. The number of benzene rings is 3. The summed E-state index contributed by atoms with van der Waals surface area (Å²) < 4.78 is 1.57. The number of carbonyl (C=O) groups excluding carboxylic acids is 1. The highest BCUT2D eigenvalue weighted by molar-refractivity contribution is 6.34. The highest BCUT2D eigenvalue weighted by atomic mass is 35.5. The molecule has 0 atom stereocenters. The molecule has 1 heterocycles. The lowest BCUT2D eigenvalue weighted by atomic mass is 10.2. The summed E-state index contributed by atoms with van der Waals surface area (Å²) in [5, 5.41) is 10.9. The van der Waals surface area contributed by atoms with Crippen LogP contribution < -0.4 is 10.6 Å². The van der Waals surface area contributed by atoms with Crippen molar-refractivity contribution in [1.29, 1.82) is 0 Å². The van der Waals surface area contributed by atoms with Crippen molar-refractivity contribution >= 4 is 34.6 Å². The second kappa shape index (κ2) is 8.20. The van der Waals surface area contributed by atoms with E-state index >= 15 is 0 Å². The van der Waals surface area contributed by atoms with Crippen LogP contribution in [0.15, 0.2) is 84.9 Å². The molecule has 0 saturated carbocycles. The topological polar surface area (TPSA) is 59.0 Å². The molecule has 0 fully saturated rings. The number of aromatic nitrogens is 2. The van der Waals surface area contributed by atoms with Crippen LogP contribution in [0.5, 0.6) is 0 Å². The fourth-order valence-corrected chi connectivity index (χ4v) is 3.37. The molecule has 2 N–H and O–H groups in total. The standard InChI is InChI=1S/C23H19ClN4O/c1-16-21(22(24)28(27-16)20-10-6-3-7-11-20)23(29)26-19-14-12-18(13-15-19)25-17-8-4-2-5-9-17/h2-15,25H,1H3,(H,26,29). The van der Waals surface area contributed by atoms with Gasteiger partial charge in [-0.15, -0.1) is 0 Å². The largest absolute Gasteiger partial charge is 0.356 e. The fourth-order valence-electron chi connectivity index (χ4n) is 3.02. The van der Waals surface area contributed by atoms with Gasteiger partial charge < -0.3 is 10.6 Å². The van der Waals surface area contributed by atoms with E-state index in [1.54, 1.807) is 11.6 Å². The molecular weight excluding hydrogens is 384 g/mol. The van der Waals surface area contributed by atoms with Crippen LogP contribution in [0.4, 0.5) is 17.1 Å². The quantitative estimate of drug-likeness (QED) is 0.441. The predicted molar refractivity (Wildman–Crippen MR) is 117 cm³/mol. The van der Waals surface area contributed by atoms with Gasteiger partial charge in [-0.2, -0.15) is 5.10 Å². The Kier molecular flexibility index (Phi) is 5.31. The molecule has 0 unspecified atom stereocenters. The number of aryl methyl sites for hydroxylation is 1. The van der Waals surface area contributed by atoms with Gasteiger partial charge in [0.05, 0.1) is 11.4 Å². The molecule has 6 heteroatoms. The minimum atomic E-state index is -0.293. The van der Waals surface area contributed by atoms with Gasteiger partial charge in [0.15, 0.2) is 0 Å². The Morgan fingerprint density at radius 1 is 0.828 bits per heavy atom. The van der Waals surface area contributed by atoms with E-state index in [0.29, 0.717) is 16.9 Å². The third-order valence-electron chi connectivity index (χ3n) is 4.44. The number of rotatable bonds is 5. The van der Waals surface area contributed by atoms with Crippen molar-refractivity contribution in [3.05, 3.63) is 101 Å². The lowest BCUT2D eigenvalue weighted by Gasteiger charge is -2.09. The molecule has 0 spiro atoms. The average molecular weight is 403 g/mol. The van der Waals surface area contributed by atoms with Crippen LogP contribution in [0.3, 0.4) is 0 Å². The molecular formula is C23H19ClN4O. The van der Waals surface area contributed by atoms with Gasteiger partial charge in [-0.25, -0.2) is 4.68 Å². The van der Waals surface area contributed by atoms with Gasteiger partial charge in [-0.1, -0.05) is 48.0 Å². The van der Waals surface area contributed by atoms with E-state index in [-0.39, 0.29) is 11.1 Å². The van der Waals surface area contributed by atoms with Crippen molar-refractivity contribution < 1.29 is 4.79 Å². The molecule has 4 rings (SSSR count). The molecule has 144 valence electrons. The van der Waals surface area contributed by atoms with E-state index in [0.717, 1.165) is 17.1 Å². The highest BCUT2D eigenvalue weighted by Crippen LogP contribution is 2.25. The maximum atomic E-state index is 12.8. The van der Waals surface area contributed by atoms with Crippen molar-refractivity contribution in [1.82, 2.24) is 9.78 Å². The zero-order valence-electron chi connectivity index (χ0n) is 15.8. The van der Waals surface area contributed by atoms with Crippen molar-refractivity contribution in [2.45, 2.75) is 6.92 Å². The summed E-state index contributed by atoms with van der Waals surface area (Å²) in [5.74, 6) is -0.293. The van der Waals surface area contributed by atoms with Gasteiger partial charge >= 0.3 is 0 Å². The lowest BCUT2D eigenvalue weighted by molar-refractivity contribution is 0.102. The summed E-state index contributed by atoms with van der Waals surface area (Å²) in [6.45, 7) is 1.77. The number of para-hydroxylation sites is 2. The predicted octanol–water partition coefficient (Wildman–Crippen LogP) is 5.83. The smallest absolute Gasteiger partial charge is 0.260 e. The second-order valence-corrected chi connectivity index (χ2v) is 6.88. The van der Waals surface area contributed by atoms with Crippen LogP contribution in [-0.2, 0) is 0 Å². The van der Waals surface area contributed by atoms with Crippen molar-refractivity contribution in [2.75, 3.05) is 10.6 Å². The number of nitrogens with zero attached hydrogens (tertiary/aromatic N) is 2. The molecule has 4 aromatic rings. The fraction of sp³-hybridized carbons (Fsp3) is 0.0435. The number of nitrogens with one attached hydrogen (secondary N) is 2. The zero-order chi connectivity index (χ0) is 20.2. The van der Waals surface area contributed by atoms with Crippen LogP contribution in [-0.4, -0.2) is 15.7 Å². The normalized spacial score (nSPS) is 10.6. The number of amides is 1. The summed E-state index contributed by atoms with van der Waals surface area (Å²) in [5.41, 5.74) is 4.34. The number of hydrogen-bond acceptors (Lipinski definition) is 3. The van der Waals surface area contributed by atoms with E-state index in [1.165, 1.54) is 0 Å². The van der Waals surface area contributed by atoms with Crippen LogP contribution in [0.2, 0.25) is 5.15 Å². The summed E-state index contributed by atoms with van der Waals surface area (Å²) in [4.78, 5) is 12.8. The molecule has 0 aliphatic rings. The molecule has 0 saturated heterocycles. The van der Waals surface area contributed by atoms with E-state index < -0.39 is 0 Å².